The van der Waals surface area contributed by atoms with E-state index in [1.165, 1.54) is 4.57 Å². The van der Waals surface area contributed by atoms with Gasteiger partial charge in [0.05, 0.1) is 11.6 Å². The molecule has 2 heterocycles. The highest BCUT2D eigenvalue weighted by atomic mass is 16.2. The molecule has 0 spiro atoms. The summed E-state index contributed by atoms with van der Waals surface area (Å²) in [5.41, 5.74) is 1.32. The first kappa shape index (κ1) is 13.6. The lowest BCUT2D eigenvalue weighted by molar-refractivity contribution is -0.120. The number of imidazole rings is 1. The van der Waals surface area contributed by atoms with Gasteiger partial charge in [-0.3, -0.25) is 9.36 Å². The Bertz CT molecular complexity index is 686. The van der Waals surface area contributed by atoms with Crippen molar-refractivity contribution in [3.05, 3.63) is 47.1 Å². The summed E-state index contributed by atoms with van der Waals surface area (Å²) in [4.78, 5) is 26.3. The fraction of sp³-hybridized carbons (Fsp3) is 0.333. The molecule has 2 aromatic rings. The minimum absolute atomic E-state index is 0.0111. The Balaban J connectivity index is 1.71. The highest BCUT2D eigenvalue weighted by Crippen LogP contribution is 2.19. The quantitative estimate of drug-likeness (QED) is 0.786. The third kappa shape index (κ3) is 2.75. The van der Waals surface area contributed by atoms with Gasteiger partial charge in [-0.1, -0.05) is 6.92 Å². The van der Waals surface area contributed by atoms with Gasteiger partial charge >= 0.3 is 5.69 Å². The highest BCUT2D eigenvalue weighted by Gasteiger charge is 2.29. The Hall–Kier alpha value is -2.34. The van der Waals surface area contributed by atoms with Crippen LogP contribution >= 0.6 is 0 Å². The minimum atomic E-state index is -0.183. The van der Waals surface area contributed by atoms with Crippen molar-refractivity contribution >= 4 is 11.6 Å². The van der Waals surface area contributed by atoms with Crippen LogP contribution in [-0.2, 0) is 4.79 Å². The Morgan fingerprint density at radius 3 is 2.62 bits per heavy atom. The average Bonchev–Trinajstić information content (AvgIpc) is 3.08. The van der Waals surface area contributed by atoms with E-state index < -0.39 is 0 Å². The number of carbonyl (C=O) groups excluding carboxylic acids is 1. The molecule has 1 amide bonds. The first-order valence-electron chi connectivity index (χ1n) is 7.03. The van der Waals surface area contributed by atoms with Crippen LogP contribution in [0, 0.1) is 11.8 Å². The van der Waals surface area contributed by atoms with Gasteiger partial charge in [0.15, 0.2) is 0 Å². The summed E-state index contributed by atoms with van der Waals surface area (Å²) in [5.74, 6) is 0.402. The van der Waals surface area contributed by atoms with E-state index in [9.17, 15) is 9.59 Å². The van der Waals surface area contributed by atoms with Crippen LogP contribution in [0.2, 0.25) is 0 Å². The van der Waals surface area contributed by atoms with Crippen LogP contribution in [0.25, 0.3) is 5.69 Å². The second kappa shape index (κ2) is 5.57. The van der Waals surface area contributed by atoms with E-state index in [0.717, 1.165) is 24.5 Å². The molecule has 6 nitrogen and oxygen atoms in total. The summed E-state index contributed by atoms with van der Waals surface area (Å²) in [7, 11) is 0. The van der Waals surface area contributed by atoms with Gasteiger partial charge in [-0.05, 0) is 36.7 Å². The summed E-state index contributed by atoms with van der Waals surface area (Å²) in [6.07, 6.45) is 3.26. The Labute approximate surface area is 122 Å². The Morgan fingerprint density at radius 2 is 2.05 bits per heavy atom. The largest absolute Gasteiger partial charge is 0.330 e. The number of benzene rings is 1. The zero-order valence-corrected chi connectivity index (χ0v) is 11.8. The molecule has 0 aliphatic carbocycles. The van der Waals surface area contributed by atoms with E-state index in [2.05, 4.69) is 22.5 Å². The van der Waals surface area contributed by atoms with E-state index >= 15 is 0 Å². The number of aromatic nitrogens is 2. The summed E-state index contributed by atoms with van der Waals surface area (Å²) in [6, 6.07) is 7.22. The topological polar surface area (TPSA) is 78.9 Å². The van der Waals surface area contributed by atoms with Gasteiger partial charge in [-0.2, -0.15) is 0 Å². The van der Waals surface area contributed by atoms with Crippen molar-refractivity contribution in [3.63, 3.8) is 0 Å². The third-order valence-electron chi connectivity index (χ3n) is 3.92. The lowest BCUT2D eigenvalue weighted by Crippen LogP contribution is -2.27. The maximum Gasteiger partial charge on any atom is 0.330 e. The molecular weight excluding hydrogens is 268 g/mol. The molecular formula is C15H18N4O2. The number of hydrogen-bond donors (Lipinski definition) is 3. The van der Waals surface area contributed by atoms with Crippen molar-refractivity contribution in [3.8, 4) is 5.69 Å². The van der Waals surface area contributed by atoms with Crippen molar-refractivity contribution in [1.29, 1.82) is 0 Å². The minimum Gasteiger partial charge on any atom is -0.326 e. The molecule has 21 heavy (non-hydrogen) atoms. The molecule has 0 bridgehead atoms. The highest BCUT2D eigenvalue weighted by molar-refractivity contribution is 5.93. The molecule has 0 radical (unpaired) electrons. The first-order chi connectivity index (χ1) is 10.1. The van der Waals surface area contributed by atoms with Crippen LogP contribution in [0.1, 0.15) is 6.92 Å². The molecule has 3 rings (SSSR count). The number of amides is 1. The fourth-order valence-electron chi connectivity index (χ4n) is 2.63. The molecule has 0 saturated carbocycles. The monoisotopic (exact) mass is 286 g/mol. The molecule has 3 N–H and O–H groups in total. The molecule has 0 unspecified atom stereocenters. The molecule has 1 aromatic heterocycles. The van der Waals surface area contributed by atoms with Gasteiger partial charge < -0.3 is 15.6 Å². The van der Waals surface area contributed by atoms with Crippen molar-refractivity contribution in [2.75, 3.05) is 18.4 Å². The molecule has 1 aromatic carbocycles. The number of nitrogens with one attached hydrogen (secondary N) is 3. The van der Waals surface area contributed by atoms with Gasteiger partial charge in [0.25, 0.3) is 0 Å². The van der Waals surface area contributed by atoms with Gasteiger partial charge in [0.1, 0.15) is 0 Å². The predicted octanol–water partition coefficient (Wildman–Crippen LogP) is 0.960. The maximum absolute atomic E-state index is 12.2. The first-order valence-corrected chi connectivity index (χ1v) is 7.03. The van der Waals surface area contributed by atoms with Crippen LogP contribution in [0.5, 0.6) is 0 Å². The van der Waals surface area contributed by atoms with Crippen LogP contribution in [-0.4, -0.2) is 28.5 Å². The lowest BCUT2D eigenvalue weighted by atomic mass is 9.97. The Morgan fingerprint density at radius 1 is 1.29 bits per heavy atom. The summed E-state index contributed by atoms with van der Waals surface area (Å²) in [5, 5.41) is 6.15. The molecule has 110 valence electrons. The number of anilines is 1. The number of rotatable bonds is 3. The zero-order valence-electron chi connectivity index (χ0n) is 11.8. The average molecular weight is 286 g/mol. The van der Waals surface area contributed by atoms with Gasteiger partial charge in [-0.25, -0.2) is 4.79 Å². The van der Waals surface area contributed by atoms with Crippen LogP contribution in [0.3, 0.4) is 0 Å². The van der Waals surface area contributed by atoms with E-state index in [0.29, 0.717) is 5.92 Å². The van der Waals surface area contributed by atoms with Crippen LogP contribution < -0.4 is 16.3 Å². The van der Waals surface area contributed by atoms with Crippen molar-refractivity contribution in [2.45, 2.75) is 6.92 Å². The normalized spacial score (nSPS) is 21.4. The number of hydrogen-bond acceptors (Lipinski definition) is 3. The molecule has 1 aliphatic rings. The van der Waals surface area contributed by atoms with Gasteiger partial charge in [-0.15, -0.1) is 0 Å². The number of H-pyrrole nitrogens is 1. The molecule has 1 aliphatic heterocycles. The number of aromatic amines is 1. The fourth-order valence-corrected chi connectivity index (χ4v) is 2.63. The maximum atomic E-state index is 12.2. The van der Waals surface area contributed by atoms with Crippen molar-refractivity contribution in [1.82, 2.24) is 14.9 Å². The molecule has 2 atom stereocenters. The molecule has 1 saturated heterocycles. The van der Waals surface area contributed by atoms with Gasteiger partial charge in [0.2, 0.25) is 5.91 Å². The van der Waals surface area contributed by atoms with E-state index in [1.54, 1.807) is 36.7 Å². The predicted molar refractivity (Wildman–Crippen MR) is 80.5 cm³/mol. The van der Waals surface area contributed by atoms with Crippen LogP contribution in [0.15, 0.2) is 41.5 Å². The second-order valence-electron chi connectivity index (χ2n) is 5.41. The third-order valence-corrected chi connectivity index (χ3v) is 3.92. The summed E-state index contributed by atoms with van der Waals surface area (Å²) >= 11 is 0. The smallest absolute Gasteiger partial charge is 0.326 e. The van der Waals surface area contributed by atoms with E-state index in [1.807, 2.05) is 0 Å². The zero-order chi connectivity index (χ0) is 14.8. The Kier molecular flexibility index (Phi) is 3.62. The molecule has 6 heteroatoms. The van der Waals surface area contributed by atoms with E-state index in [-0.39, 0.29) is 17.5 Å². The van der Waals surface area contributed by atoms with Crippen molar-refractivity contribution < 1.29 is 4.79 Å². The standard InChI is InChI=1S/C15H18N4O2/c1-10-8-16-9-13(10)14(20)18-11-2-4-12(5-3-11)19-7-6-17-15(19)21/h2-7,10,13,16H,8-9H2,1H3,(H,17,21)(H,18,20)/t10-,13-/m1/s1. The van der Waals surface area contributed by atoms with Gasteiger partial charge in [0, 0.05) is 24.6 Å². The summed E-state index contributed by atoms with van der Waals surface area (Å²) in [6.45, 7) is 3.68. The second-order valence-corrected chi connectivity index (χ2v) is 5.41. The van der Waals surface area contributed by atoms with Crippen LogP contribution in [0.4, 0.5) is 5.69 Å². The molecule has 1 fully saturated rings. The summed E-state index contributed by atoms with van der Waals surface area (Å²) < 4.78 is 1.51. The van der Waals surface area contributed by atoms with Crippen molar-refractivity contribution in [2.24, 2.45) is 11.8 Å². The van der Waals surface area contributed by atoms with E-state index in [4.69, 9.17) is 0 Å². The lowest BCUT2D eigenvalue weighted by Gasteiger charge is -2.14. The number of carbonyl (C=O) groups is 1. The number of nitrogens with zero attached hydrogens (tertiary/aromatic N) is 1. The SMILES string of the molecule is C[C@@H]1CNC[C@H]1C(=O)Nc1ccc(-n2cc[nH]c2=O)cc1.